The Kier molecular flexibility index (Phi) is 3.67. The van der Waals surface area contributed by atoms with Crippen molar-refractivity contribution < 1.29 is 15.0 Å². The summed E-state index contributed by atoms with van der Waals surface area (Å²) in [5, 5.41) is 19.9. The molecule has 0 unspecified atom stereocenters. The summed E-state index contributed by atoms with van der Waals surface area (Å²) >= 11 is 0. The highest BCUT2D eigenvalue weighted by Crippen LogP contribution is 2.32. The Labute approximate surface area is 105 Å². The Bertz CT molecular complexity index is 572. The molecule has 1 heterocycles. The first-order valence-corrected chi connectivity index (χ1v) is 6.10. The lowest BCUT2D eigenvalue weighted by Crippen LogP contribution is -2.04. The van der Waals surface area contributed by atoms with Crippen molar-refractivity contribution in [3.8, 4) is 5.88 Å². The van der Waals surface area contributed by atoms with Crippen LogP contribution in [0.3, 0.4) is 0 Å². The van der Waals surface area contributed by atoms with Crippen LogP contribution in [0.15, 0.2) is 24.3 Å². The Hall–Kier alpha value is -1.81. The highest BCUT2D eigenvalue weighted by atomic mass is 16.3. The molecule has 0 aliphatic carbocycles. The van der Waals surface area contributed by atoms with Gasteiger partial charge in [-0.1, -0.05) is 18.2 Å². The van der Waals surface area contributed by atoms with E-state index in [9.17, 15) is 9.90 Å². The average molecular weight is 247 g/mol. The molecule has 0 atom stereocenters. The summed E-state index contributed by atoms with van der Waals surface area (Å²) in [7, 11) is 0. The SMILES string of the molecule is CC(=O)n1c(O)c(CCCCO)c2ccccc21. The number of hydrogen-bond acceptors (Lipinski definition) is 3. The summed E-state index contributed by atoms with van der Waals surface area (Å²) in [4.78, 5) is 11.6. The zero-order valence-corrected chi connectivity index (χ0v) is 10.4. The molecule has 0 aliphatic heterocycles. The number of aromatic nitrogens is 1. The fourth-order valence-electron chi connectivity index (χ4n) is 2.27. The minimum absolute atomic E-state index is 0.0293. The molecule has 0 saturated heterocycles. The molecular formula is C14H17NO3. The predicted octanol–water partition coefficient (Wildman–Crippen LogP) is 2.32. The van der Waals surface area contributed by atoms with Crippen LogP contribution in [0.4, 0.5) is 0 Å². The number of nitrogens with zero attached hydrogens (tertiary/aromatic N) is 1. The third kappa shape index (κ3) is 2.11. The van der Waals surface area contributed by atoms with E-state index in [0.717, 1.165) is 22.9 Å². The molecule has 0 amide bonds. The van der Waals surface area contributed by atoms with E-state index in [1.54, 1.807) is 0 Å². The number of carbonyl (C=O) groups is 1. The minimum Gasteiger partial charge on any atom is -0.494 e. The molecule has 0 spiro atoms. The van der Waals surface area contributed by atoms with Crippen molar-refractivity contribution >= 4 is 16.8 Å². The maximum Gasteiger partial charge on any atom is 0.230 e. The van der Waals surface area contributed by atoms with E-state index >= 15 is 0 Å². The second-order valence-corrected chi connectivity index (χ2v) is 4.35. The fraction of sp³-hybridized carbons (Fsp3) is 0.357. The lowest BCUT2D eigenvalue weighted by Gasteiger charge is -2.01. The molecule has 1 aromatic carbocycles. The summed E-state index contributed by atoms with van der Waals surface area (Å²) in [5.74, 6) is -0.168. The molecule has 4 nitrogen and oxygen atoms in total. The molecule has 2 aromatic rings. The van der Waals surface area contributed by atoms with Crippen LogP contribution in [0, 0.1) is 0 Å². The van der Waals surface area contributed by atoms with E-state index < -0.39 is 0 Å². The van der Waals surface area contributed by atoms with Gasteiger partial charge in [-0.15, -0.1) is 0 Å². The number of carbonyl (C=O) groups excluding carboxylic acids is 1. The van der Waals surface area contributed by atoms with Crippen LogP contribution in [0.1, 0.15) is 30.1 Å². The first-order valence-electron chi connectivity index (χ1n) is 6.10. The number of unbranched alkanes of at least 4 members (excludes halogenated alkanes) is 1. The lowest BCUT2D eigenvalue weighted by atomic mass is 10.1. The van der Waals surface area contributed by atoms with Gasteiger partial charge in [-0.05, 0) is 25.3 Å². The molecule has 0 radical (unpaired) electrons. The number of aliphatic hydroxyl groups is 1. The van der Waals surface area contributed by atoms with Gasteiger partial charge in [0.1, 0.15) is 0 Å². The molecule has 96 valence electrons. The number of hydrogen-bond donors (Lipinski definition) is 2. The second kappa shape index (κ2) is 5.23. The van der Waals surface area contributed by atoms with E-state index in [2.05, 4.69) is 0 Å². The van der Waals surface area contributed by atoms with Gasteiger partial charge in [-0.25, -0.2) is 0 Å². The third-order valence-electron chi connectivity index (χ3n) is 3.10. The van der Waals surface area contributed by atoms with Gasteiger partial charge in [0.2, 0.25) is 11.8 Å². The van der Waals surface area contributed by atoms with Crippen molar-refractivity contribution in [1.82, 2.24) is 4.57 Å². The van der Waals surface area contributed by atoms with Crippen LogP contribution >= 0.6 is 0 Å². The molecule has 4 heteroatoms. The minimum atomic E-state index is -0.197. The summed E-state index contributed by atoms with van der Waals surface area (Å²) in [6, 6.07) is 7.47. The maximum atomic E-state index is 11.6. The standard InChI is InChI=1S/C14H17NO3/c1-10(17)15-13-8-3-2-6-11(13)12(14(15)18)7-4-5-9-16/h2-3,6,8,16,18H,4-5,7,9H2,1H3. The van der Waals surface area contributed by atoms with Crippen molar-refractivity contribution in [3.63, 3.8) is 0 Å². The predicted molar refractivity (Wildman–Crippen MR) is 69.9 cm³/mol. The van der Waals surface area contributed by atoms with E-state index in [1.807, 2.05) is 24.3 Å². The summed E-state index contributed by atoms with van der Waals surface area (Å²) in [5.41, 5.74) is 1.52. The van der Waals surface area contributed by atoms with Gasteiger partial charge in [-0.2, -0.15) is 0 Å². The maximum absolute atomic E-state index is 11.6. The summed E-state index contributed by atoms with van der Waals surface area (Å²) < 4.78 is 1.34. The van der Waals surface area contributed by atoms with Gasteiger partial charge >= 0.3 is 0 Å². The van der Waals surface area contributed by atoms with E-state index in [4.69, 9.17) is 5.11 Å². The highest BCUT2D eigenvalue weighted by Gasteiger charge is 2.17. The van der Waals surface area contributed by atoms with Crippen molar-refractivity contribution in [2.24, 2.45) is 0 Å². The van der Waals surface area contributed by atoms with Gasteiger partial charge in [0.05, 0.1) is 5.52 Å². The average Bonchev–Trinajstić information content (AvgIpc) is 2.63. The lowest BCUT2D eigenvalue weighted by molar-refractivity contribution is 0.0933. The van der Waals surface area contributed by atoms with Crippen LogP contribution in [0.2, 0.25) is 0 Å². The smallest absolute Gasteiger partial charge is 0.230 e. The highest BCUT2D eigenvalue weighted by molar-refractivity contribution is 5.96. The van der Waals surface area contributed by atoms with Crippen molar-refractivity contribution in [2.75, 3.05) is 6.61 Å². The Morgan fingerprint density at radius 3 is 2.67 bits per heavy atom. The normalized spacial score (nSPS) is 11.0. The molecule has 1 aromatic heterocycles. The molecule has 0 saturated carbocycles. The zero-order valence-electron chi connectivity index (χ0n) is 10.4. The molecule has 0 fully saturated rings. The number of fused-ring (bicyclic) bond motifs is 1. The Balaban J connectivity index is 2.51. The van der Waals surface area contributed by atoms with Crippen molar-refractivity contribution in [1.29, 1.82) is 0 Å². The molecular weight excluding hydrogens is 230 g/mol. The van der Waals surface area contributed by atoms with Crippen molar-refractivity contribution in [3.05, 3.63) is 29.8 Å². The number of rotatable bonds is 4. The van der Waals surface area contributed by atoms with E-state index in [0.29, 0.717) is 12.8 Å². The molecule has 2 N–H and O–H groups in total. The Morgan fingerprint density at radius 2 is 2.00 bits per heavy atom. The molecule has 0 bridgehead atoms. The second-order valence-electron chi connectivity index (χ2n) is 4.35. The summed E-state index contributed by atoms with van der Waals surface area (Å²) in [6.07, 6.45) is 2.14. The first kappa shape index (κ1) is 12.6. The first-order chi connectivity index (χ1) is 8.66. The van der Waals surface area contributed by atoms with Crippen LogP contribution in [-0.2, 0) is 6.42 Å². The summed E-state index contributed by atoms with van der Waals surface area (Å²) in [6.45, 7) is 1.58. The molecule has 2 rings (SSSR count). The molecule has 18 heavy (non-hydrogen) atoms. The van der Waals surface area contributed by atoms with E-state index in [-0.39, 0.29) is 18.4 Å². The van der Waals surface area contributed by atoms with Gasteiger partial charge in [0.25, 0.3) is 0 Å². The fourth-order valence-corrected chi connectivity index (χ4v) is 2.27. The van der Waals surface area contributed by atoms with Gasteiger partial charge in [-0.3, -0.25) is 9.36 Å². The number of para-hydroxylation sites is 1. The monoisotopic (exact) mass is 247 g/mol. The number of aromatic hydroxyl groups is 1. The largest absolute Gasteiger partial charge is 0.494 e. The van der Waals surface area contributed by atoms with Gasteiger partial charge < -0.3 is 10.2 Å². The van der Waals surface area contributed by atoms with Crippen LogP contribution in [0.25, 0.3) is 10.9 Å². The molecule has 0 aliphatic rings. The van der Waals surface area contributed by atoms with Gasteiger partial charge in [0, 0.05) is 24.5 Å². The van der Waals surface area contributed by atoms with Gasteiger partial charge in [0.15, 0.2) is 0 Å². The topological polar surface area (TPSA) is 62.5 Å². The number of aliphatic hydroxyl groups excluding tert-OH is 1. The Morgan fingerprint density at radius 1 is 1.28 bits per heavy atom. The number of benzene rings is 1. The number of aryl methyl sites for hydroxylation is 1. The quantitative estimate of drug-likeness (QED) is 0.815. The van der Waals surface area contributed by atoms with E-state index in [1.165, 1.54) is 11.5 Å². The van der Waals surface area contributed by atoms with Crippen molar-refractivity contribution in [2.45, 2.75) is 26.2 Å². The zero-order chi connectivity index (χ0) is 13.1. The van der Waals surface area contributed by atoms with Crippen LogP contribution < -0.4 is 0 Å². The van der Waals surface area contributed by atoms with Crippen LogP contribution in [-0.4, -0.2) is 27.3 Å². The third-order valence-corrected chi connectivity index (χ3v) is 3.10. The van der Waals surface area contributed by atoms with Crippen LogP contribution in [0.5, 0.6) is 5.88 Å².